The fraction of sp³-hybridized carbons (Fsp3) is 0.667. The Balaban J connectivity index is 2.05. The average Bonchev–Trinajstić information content (AvgIpc) is 2.29. The van der Waals surface area contributed by atoms with Crippen LogP contribution in [0.25, 0.3) is 0 Å². The number of nitrogens with zero attached hydrogens (tertiary/aromatic N) is 3. The van der Waals surface area contributed by atoms with Gasteiger partial charge in [-0.2, -0.15) is 0 Å². The summed E-state index contributed by atoms with van der Waals surface area (Å²) in [5, 5.41) is 0.305. The van der Waals surface area contributed by atoms with Gasteiger partial charge in [-0.1, -0.05) is 0 Å². The minimum Gasteiger partial charge on any atom is -0.475 e. The molecule has 0 spiro atoms. The fourth-order valence-corrected chi connectivity index (χ4v) is 2.08. The number of aromatic nitrogens is 2. The smallest absolute Gasteiger partial charge is 0.218 e. The predicted molar refractivity (Wildman–Crippen MR) is 68.9 cm³/mol. The second-order valence-corrected chi connectivity index (χ2v) is 5.16. The van der Waals surface area contributed by atoms with Crippen molar-refractivity contribution < 1.29 is 4.74 Å². The zero-order valence-corrected chi connectivity index (χ0v) is 11.0. The van der Waals surface area contributed by atoms with Crippen molar-refractivity contribution >= 4 is 17.4 Å². The molecule has 0 radical (unpaired) electrons. The lowest BCUT2D eigenvalue weighted by molar-refractivity contribution is 0.232. The number of hydrogen-bond donors (Lipinski definition) is 0. The quantitative estimate of drug-likeness (QED) is 0.778. The van der Waals surface area contributed by atoms with Crippen molar-refractivity contribution in [3.8, 4) is 5.88 Å². The summed E-state index contributed by atoms with van der Waals surface area (Å²) in [5.41, 5.74) is 0. The normalized spacial score (nSPS) is 17.5. The van der Waals surface area contributed by atoms with Gasteiger partial charge in [0.25, 0.3) is 0 Å². The molecule has 1 fully saturated rings. The maximum atomic E-state index is 6.09. The minimum absolute atomic E-state index is 0.131. The second kappa shape index (κ2) is 5.54. The molecule has 2 heterocycles. The number of alkyl halides is 1. The lowest BCUT2D eigenvalue weighted by Gasteiger charge is -2.30. The van der Waals surface area contributed by atoms with Gasteiger partial charge in [-0.15, -0.1) is 11.6 Å². The van der Waals surface area contributed by atoms with Gasteiger partial charge in [0.15, 0.2) is 0 Å². The molecule has 5 heteroatoms. The number of halogens is 1. The highest BCUT2D eigenvalue weighted by Crippen LogP contribution is 2.22. The third kappa shape index (κ3) is 3.46. The summed E-state index contributed by atoms with van der Waals surface area (Å²) in [5.74, 6) is 1.57. The molecule has 17 heavy (non-hydrogen) atoms. The largest absolute Gasteiger partial charge is 0.475 e. The van der Waals surface area contributed by atoms with E-state index in [1.54, 1.807) is 6.33 Å². The lowest BCUT2D eigenvalue weighted by Crippen LogP contribution is -2.34. The van der Waals surface area contributed by atoms with Gasteiger partial charge in [-0.05, 0) is 26.7 Å². The van der Waals surface area contributed by atoms with E-state index < -0.39 is 0 Å². The molecular weight excluding hydrogens is 238 g/mol. The van der Waals surface area contributed by atoms with Crippen LogP contribution in [0, 0.1) is 0 Å². The van der Waals surface area contributed by atoms with Gasteiger partial charge >= 0.3 is 0 Å². The molecule has 0 amide bonds. The molecule has 1 aromatic rings. The first kappa shape index (κ1) is 12.4. The molecule has 1 saturated heterocycles. The van der Waals surface area contributed by atoms with Crippen LogP contribution in [0.1, 0.15) is 26.7 Å². The Hall–Kier alpha value is -1.03. The summed E-state index contributed by atoms with van der Waals surface area (Å²) in [6.45, 7) is 5.88. The molecule has 0 saturated carbocycles. The van der Waals surface area contributed by atoms with Crippen LogP contribution in [-0.2, 0) is 0 Å². The molecule has 0 aromatic carbocycles. The summed E-state index contributed by atoms with van der Waals surface area (Å²) in [7, 11) is 0. The van der Waals surface area contributed by atoms with Crippen LogP contribution in [0.2, 0.25) is 0 Å². The molecule has 0 bridgehead atoms. The molecular formula is C12H18ClN3O. The Bertz CT molecular complexity index is 365. The van der Waals surface area contributed by atoms with Gasteiger partial charge < -0.3 is 9.64 Å². The van der Waals surface area contributed by atoms with Crippen LogP contribution < -0.4 is 9.64 Å². The van der Waals surface area contributed by atoms with Crippen molar-refractivity contribution in [2.45, 2.75) is 38.2 Å². The van der Waals surface area contributed by atoms with Crippen LogP contribution in [0.3, 0.4) is 0 Å². The van der Waals surface area contributed by atoms with E-state index in [4.69, 9.17) is 16.3 Å². The molecule has 0 aliphatic carbocycles. The van der Waals surface area contributed by atoms with Crippen molar-refractivity contribution in [3.05, 3.63) is 12.4 Å². The van der Waals surface area contributed by atoms with Crippen molar-refractivity contribution in [2.75, 3.05) is 18.0 Å². The van der Waals surface area contributed by atoms with Gasteiger partial charge in [-0.3, -0.25) is 0 Å². The van der Waals surface area contributed by atoms with E-state index in [1.165, 1.54) is 0 Å². The van der Waals surface area contributed by atoms with E-state index >= 15 is 0 Å². The predicted octanol–water partition coefficient (Wildman–Crippen LogP) is 2.47. The fourth-order valence-electron chi connectivity index (χ4n) is 1.89. The Morgan fingerprint density at radius 2 is 2.06 bits per heavy atom. The van der Waals surface area contributed by atoms with Crippen molar-refractivity contribution in [3.63, 3.8) is 0 Å². The highest BCUT2D eigenvalue weighted by molar-refractivity contribution is 6.20. The Labute approximate surface area is 107 Å². The topological polar surface area (TPSA) is 38.2 Å². The second-order valence-electron chi connectivity index (χ2n) is 4.54. The van der Waals surface area contributed by atoms with Gasteiger partial charge in [0.2, 0.25) is 5.88 Å². The summed E-state index contributed by atoms with van der Waals surface area (Å²) < 4.78 is 5.56. The highest BCUT2D eigenvalue weighted by Gasteiger charge is 2.18. The maximum absolute atomic E-state index is 6.09. The molecule has 94 valence electrons. The van der Waals surface area contributed by atoms with Crippen molar-refractivity contribution in [1.29, 1.82) is 0 Å². The first-order valence-electron chi connectivity index (χ1n) is 6.03. The lowest BCUT2D eigenvalue weighted by atomic mass is 10.1. The van der Waals surface area contributed by atoms with Gasteiger partial charge in [-0.25, -0.2) is 9.97 Å². The van der Waals surface area contributed by atoms with Gasteiger partial charge in [0.05, 0.1) is 6.10 Å². The first-order chi connectivity index (χ1) is 8.15. The van der Waals surface area contributed by atoms with Gasteiger partial charge in [0, 0.05) is 24.5 Å². The first-order valence-corrected chi connectivity index (χ1v) is 6.46. The van der Waals surface area contributed by atoms with Crippen molar-refractivity contribution in [1.82, 2.24) is 9.97 Å². The maximum Gasteiger partial charge on any atom is 0.218 e. The summed E-state index contributed by atoms with van der Waals surface area (Å²) in [6, 6.07) is 1.90. The summed E-state index contributed by atoms with van der Waals surface area (Å²) in [4.78, 5) is 10.6. The molecule has 0 N–H and O–H groups in total. The zero-order chi connectivity index (χ0) is 12.3. The molecule has 1 aliphatic heterocycles. The average molecular weight is 256 g/mol. The van der Waals surface area contributed by atoms with E-state index in [2.05, 4.69) is 14.9 Å². The number of anilines is 1. The Morgan fingerprint density at radius 3 is 2.71 bits per heavy atom. The van der Waals surface area contributed by atoms with E-state index in [0.717, 1.165) is 31.7 Å². The van der Waals surface area contributed by atoms with E-state index in [9.17, 15) is 0 Å². The van der Waals surface area contributed by atoms with Crippen molar-refractivity contribution in [2.24, 2.45) is 0 Å². The molecule has 1 aliphatic rings. The van der Waals surface area contributed by atoms with E-state index in [0.29, 0.717) is 11.3 Å². The summed E-state index contributed by atoms with van der Waals surface area (Å²) >= 11 is 6.09. The SMILES string of the molecule is CC(C)Oc1cc(N2CCC(Cl)CC2)ncn1. The molecule has 0 atom stereocenters. The molecule has 2 rings (SSSR count). The zero-order valence-electron chi connectivity index (χ0n) is 10.3. The molecule has 0 unspecified atom stereocenters. The Kier molecular flexibility index (Phi) is 4.05. The third-order valence-electron chi connectivity index (χ3n) is 2.73. The molecule has 1 aromatic heterocycles. The van der Waals surface area contributed by atoms with E-state index in [-0.39, 0.29) is 6.10 Å². The molecule has 4 nitrogen and oxygen atoms in total. The minimum atomic E-state index is 0.131. The summed E-state index contributed by atoms with van der Waals surface area (Å²) in [6.07, 6.45) is 3.70. The standard InChI is InChI=1S/C12H18ClN3O/c1-9(2)17-12-7-11(14-8-15-12)16-5-3-10(13)4-6-16/h7-10H,3-6H2,1-2H3. The monoisotopic (exact) mass is 255 g/mol. The van der Waals surface area contributed by atoms with Crippen LogP contribution in [-0.4, -0.2) is 34.5 Å². The van der Waals surface area contributed by atoms with Gasteiger partial charge in [0.1, 0.15) is 12.1 Å². The number of hydrogen-bond acceptors (Lipinski definition) is 4. The van der Waals surface area contributed by atoms with Crippen LogP contribution in [0.4, 0.5) is 5.82 Å². The highest BCUT2D eigenvalue weighted by atomic mass is 35.5. The van der Waals surface area contributed by atoms with Crippen LogP contribution >= 0.6 is 11.6 Å². The van der Waals surface area contributed by atoms with E-state index in [1.807, 2.05) is 19.9 Å². The van der Waals surface area contributed by atoms with Crippen LogP contribution in [0.15, 0.2) is 12.4 Å². The Morgan fingerprint density at radius 1 is 1.35 bits per heavy atom. The van der Waals surface area contributed by atoms with Crippen LogP contribution in [0.5, 0.6) is 5.88 Å². The number of piperidine rings is 1. The third-order valence-corrected chi connectivity index (χ3v) is 3.17. The number of rotatable bonds is 3. The number of ether oxygens (including phenoxy) is 1.